The zero-order valence-electron chi connectivity index (χ0n) is 5.89. The predicted molar refractivity (Wildman–Crippen MR) is 48.2 cm³/mol. The van der Waals surface area contributed by atoms with E-state index in [9.17, 15) is 0 Å². The van der Waals surface area contributed by atoms with Gasteiger partial charge in [0.15, 0.2) is 0 Å². The van der Waals surface area contributed by atoms with Crippen LogP contribution in [0.5, 0.6) is 0 Å². The maximum absolute atomic E-state index is 4.88. The molecule has 1 nitrogen and oxygen atoms in total. The van der Waals surface area contributed by atoms with Crippen LogP contribution in [0.1, 0.15) is 19.8 Å². The van der Waals surface area contributed by atoms with Gasteiger partial charge in [0.2, 0.25) is 4.38 Å². The molecule has 9 heavy (non-hydrogen) atoms. The fourth-order valence-electron chi connectivity index (χ4n) is 0.304. The van der Waals surface area contributed by atoms with Crippen molar-refractivity contribution in [1.29, 1.82) is 0 Å². The molecule has 0 aromatic rings. The summed E-state index contributed by atoms with van der Waals surface area (Å²) in [5.41, 5.74) is 0. The average molecular weight is 173 g/mol. The number of ether oxygens (including phenoxy) is 1. The standard InChI is InChI=1S/C5H10OS2.Na/c1-2-3-4-6-5(7)8;/h2-4H2,1H3,(H,7,8);. The molecule has 0 atom stereocenters. The van der Waals surface area contributed by atoms with Gasteiger partial charge in [-0.2, -0.15) is 0 Å². The molecule has 0 saturated heterocycles. The van der Waals surface area contributed by atoms with E-state index < -0.39 is 0 Å². The molecule has 0 spiro atoms. The number of hydrogen-bond acceptors (Lipinski definition) is 2. The van der Waals surface area contributed by atoms with Crippen LogP contribution < -0.4 is 0 Å². The second-order valence-electron chi connectivity index (χ2n) is 1.47. The SMILES string of the molecule is CCCCOC(=S)S.[Na]. The maximum Gasteiger partial charge on any atom is 0.216 e. The molecule has 0 aliphatic heterocycles. The fraction of sp³-hybridized carbons (Fsp3) is 0.800. The first kappa shape index (κ1) is 12.9. The Kier molecular flexibility index (Phi) is 13.2. The summed E-state index contributed by atoms with van der Waals surface area (Å²) >= 11 is 8.33. The first-order chi connectivity index (χ1) is 3.77. The third-order valence-electron chi connectivity index (χ3n) is 0.723. The molecular weight excluding hydrogens is 163 g/mol. The van der Waals surface area contributed by atoms with Crippen LogP contribution in [0.2, 0.25) is 0 Å². The zero-order chi connectivity index (χ0) is 6.41. The topological polar surface area (TPSA) is 9.23 Å². The van der Waals surface area contributed by atoms with Crippen molar-refractivity contribution in [1.82, 2.24) is 0 Å². The van der Waals surface area contributed by atoms with Crippen molar-refractivity contribution >= 4 is 58.8 Å². The zero-order valence-corrected chi connectivity index (χ0v) is 9.60. The Morgan fingerprint density at radius 2 is 2.22 bits per heavy atom. The first-order valence-electron chi connectivity index (χ1n) is 2.63. The summed E-state index contributed by atoms with van der Waals surface area (Å²) in [5, 5.41) is 0. The van der Waals surface area contributed by atoms with Gasteiger partial charge in [-0.05, 0) is 18.6 Å². The van der Waals surface area contributed by atoms with Gasteiger partial charge in [-0.3, -0.25) is 0 Å². The molecule has 0 bridgehead atoms. The summed E-state index contributed by atoms with van der Waals surface area (Å²) in [7, 11) is 0. The molecule has 0 aromatic carbocycles. The van der Waals surface area contributed by atoms with Crippen molar-refractivity contribution in [3.8, 4) is 0 Å². The van der Waals surface area contributed by atoms with Crippen molar-refractivity contribution in [2.45, 2.75) is 19.8 Å². The van der Waals surface area contributed by atoms with Gasteiger partial charge in [-0.15, -0.1) is 0 Å². The van der Waals surface area contributed by atoms with E-state index in [1.165, 1.54) is 0 Å². The van der Waals surface area contributed by atoms with E-state index in [0.717, 1.165) is 12.8 Å². The Morgan fingerprint density at radius 3 is 2.56 bits per heavy atom. The van der Waals surface area contributed by atoms with Gasteiger partial charge in [0, 0.05) is 29.6 Å². The first-order valence-corrected chi connectivity index (χ1v) is 3.48. The molecule has 0 N–H and O–H groups in total. The Morgan fingerprint density at radius 1 is 1.67 bits per heavy atom. The molecule has 0 aromatic heterocycles. The summed E-state index contributed by atoms with van der Waals surface area (Å²) in [4.78, 5) is 0. The second-order valence-corrected chi connectivity index (χ2v) is 2.55. The van der Waals surface area contributed by atoms with Gasteiger partial charge in [0.05, 0.1) is 6.61 Å². The monoisotopic (exact) mass is 173 g/mol. The van der Waals surface area contributed by atoms with Crippen LogP contribution in [-0.2, 0) is 4.74 Å². The Balaban J connectivity index is 0. The molecule has 0 saturated carbocycles. The van der Waals surface area contributed by atoms with E-state index >= 15 is 0 Å². The largest absolute Gasteiger partial charge is 0.479 e. The van der Waals surface area contributed by atoms with Gasteiger partial charge in [-0.1, -0.05) is 26.0 Å². The summed E-state index contributed by atoms with van der Waals surface area (Å²) in [6.07, 6.45) is 2.19. The maximum atomic E-state index is 4.88. The van der Waals surface area contributed by atoms with Crippen LogP contribution in [0.25, 0.3) is 0 Å². The molecular formula is C5H10NaOS2. The minimum Gasteiger partial charge on any atom is -0.479 e. The van der Waals surface area contributed by atoms with Gasteiger partial charge >= 0.3 is 0 Å². The smallest absolute Gasteiger partial charge is 0.216 e. The van der Waals surface area contributed by atoms with Crippen molar-refractivity contribution in [2.75, 3.05) is 6.61 Å². The van der Waals surface area contributed by atoms with Gasteiger partial charge < -0.3 is 4.74 Å². The Labute approximate surface area is 89.2 Å². The molecule has 0 unspecified atom stereocenters. The number of hydrogen-bond donors (Lipinski definition) is 1. The summed E-state index contributed by atoms with van der Waals surface area (Å²) in [5.74, 6) is 0. The van der Waals surface area contributed by atoms with Crippen LogP contribution in [0.15, 0.2) is 0 Å². The summed E-state index contributed by atoms with van der Waals surface area (Å²) in [6.45, 7) is 2.81. The third-order valence-corrected chi connectivity index (χ3v) is 0.970. The molecule has 0 aliphatic carbocycles. The van der Waals surface area contributed by atoms with E-state index in [0.29, 0.717) is 11.0 Å². The average Bonchev–Trinajstić information content (AvgIpc) is 1.66. The molecule has 49 valence electrons. The van der Waals surface area contributed by atoms with E-state index in [-0.39, 0.29) is 29.6 Å². The molecule has 0 aliphatic rings. The van der Waals surface area contributed by atoms with Crippen LogP contribution >= 0.6 is 24.8 Å². The van der Waals surface area contributed by atoms with E-state index in [1.807, 2.05) is 0 Å². The number of thiocarbonyl (C=S) groups is 1. The van der Waals surface area contributed by atoms with E-state index in [1.54, 1.807) is 0 Å². The second kappa shape index (κ2) is 9.24. The number of thiol groups is 1. The van der Waals surface area contributed by atoms with Gasteiger partial charge in [0.25, 0.3) is 0 Å². The summed E-state index contributed by atoms with van der Waals surface area (Å²) in [6, 6.07) is 0. The van der Waals surface area contributed by atoms with Crippen molar-refractivity contribution in [3.63, 3.8) is 0 Å². The van der Waals surface area contributed by atoms with Crippen LogP contribution in [0, 0.1) is 0 Å². The summed E-state index contributed by atoms with van der Waals surface area (Å²) < 4.78 is 5.22. The quantitative estimate of drug-likeness (QED) is 0.301. The Hall–Kier alpha value is 1.24. The predicted octanol–water partition coefficient (Wildman–Crippen LogP) is 1.64. The minimum absolute atomic E-state index is 0. The van der Waals surface area contributed by atoms with Crippen molar-refractivity contribution in [2.24, 2.45) is 0 Å². The molecule has 4 heteroatoms. The van der Waals surface area contributed by atoms with Crippen LogP contribution in [0.3, 0.4) is 0 Å². The third kappa shape index (κ3) is 12.4. The molecule has 1 radical (unpaired) electrons. The molecule has 0 amide bonds. The number of unbranched alkanes of at least 4 members (excludes halogenated alkanes) is 1. The minimum atomic E-state index is 0. The fourth-order valence-corrected chi connectivity index (χ4v) is 0.478. The normalized spacial score (nSPS) is 7.78. The molecule has 0 fully saturated rings. The molecule has 0 heterocycles. The van der Waals surface area contributed by atoms with Gasteiger partial charge in [-0.25, -0.2) is 0 Å². The van der Waals surface area contributed by atoms with Crippen molar-refractivity contribution in [3.05, 3.63) is 0 Å². The van der Waals surface area contributed by atoms with Crippen molar-refractivity contribution < 1.29 is 4.74 Å². The van der Waals surface area contributed by atoms with E-state index in [2.05, 4.69) is 31.8 Å². The van der Waals surface area contributed by atoms with Crippen LogP contribution in [0.4, 0.5) is 0 Å². The van der Waals surface area contributed by atoms with Gasteiger partial charge in [0.1, 0.15) is 0 Å². The van der Waals surface area contributed by atoms with E-state index in [4.69, 9.17) is 4.74 Å². The Bertz CT molecular complexity index is 77.4. The molecule has 0 rings (SSSR count). The van der Waals surface area contributed by atoms with Crippen LogP contribution in [-0.4, -0.2) is 40.5 Å². The number of rotatable bonds is 3.